The monoisotopic (exact) mass is 301 g/mol. The summed E-state index contributed by atoms with van der Waals surface area (Å²) < 4.78 is 3.83. The van der Waals surface area contributed by atoms with Crippen LogP contribution < -0.4 is 0 Å². The van der Waals surface area contributed by atoms with Gasteiger partial charge in [0.2, 0.25) is 0 Å². The van der Waals surface area contributed by atoms with Crippen LogP contribution in [0.1, 0.15) is 12.5 Å². The van der Waals surface area contributed by atoms with Crippen LogP contribution in [0.25, 0.3) is 0 Å². The Balaban J connectivity index is 2.82. The summed E-state index contributed by atoms with van der Waals surface area (Å²) in [7, 11) is 1.32. The van der Waals surface area contributed by atoms with Crippen LogP contribution in [0.3, 0.4) is 0 Å². The zero-order valence-corrected chi connectivity index (χ0v) is 11.1. The van der Waals surface area contributed by atoms with Crippen molar-refractivity contribution in [3.8, 4) is 0 Å². The third kappa shape index (κ3) is 3.52. The summed E-state index contributed by atoms with van der Waals surface area (Å²) in [6.07, 6.45) is 0.400. The Hall–Kier alpha value is -1.43. The lowest BCUT2D eigenvalue weighted by Crippen LogP contribution is -2.31. The summed E-state index contributed by atoms with van der Waals surface area (Å²) in [4.78, 5) is 21.4. The lowest BCUT2D eigenvalue weighted by molar-refractivity contribution is -0.384. The standard InChI is InChI=1S/C11H12BrNO4/c1-11(12,10(14)17-2)7-8-3-5-9(6-4-8)13(15)16/h3-6H,7H2,1-2H3/t11-/m1/s1. The van der Waals surface area contributed by atoms with Gasteiger partial charge in [-0.05, 0) is 18.9 Å². The molecule has 1 rings (SSSR count). The van der Waals surface area contributed by atoms with E-state index in [4.69, 9.17) is 0 Å². The van der Waals surface area contributed by atoms with Gasteiger partial charge in [-0.2, -0.15) is 0 Å². The highest BCUT2D eigenvalue weighted by Crippen LogP contribution is 2.25. The van der Waals surface area contributed by atoms with Crippen molar-refractivity contribution in [2.45, 2.75) is 17.7 Å². The molecular weight excluding hydrogens is 290 g/mol. The second-order valence-corrected chi connectivity index (χ2v) is 5.54. The Morgan fingerprint density at radius 2 is 2.00 bits per heavy atom. The van der Waals surface area contributed by atoms with E-state index in [1.165, 1.54) is 19.2 Å². The number of hydrogen-bond acceptors (Lipinski definition) is 4. The molecule has 0 saturated carbocycles. The number of rotatable bonds is 4. The van der Waals surface area contributed by atoms with Crippen molar-refractivity contribution in [2.24, 2.45) is 0 Å². The third-order valence-electron chi connectivity index (χ3n) is 2.29. The minimum Gasteiger partial charge on any atom is -0.468 e. The average molecular weight is 302 g/mol. The Bertz CT molecular complexity index is 428. The minimum atomic E-state index is -0.822. The number of nitro benzene ring substituents is 1. The van der Waals surface area contributed by atoms with Crippen molar-refractivity contribution in [3.05, 3.63) is 39.9 Å². The highest BCUT2D eigenvalue weighted by Gasteiger charge is 2.31. The summed E-state index contributed by atoms with van der Waals surface area (Å²) >= 11 is 3.28. The molecule has 0 radical (unpaired) electrons. The number of non-ortho nitro benzene ring substituents is 1. The van der Waals surface area contributed by atoms with Crippen LogP contribution in [0.2, 0.25) is 0 Å². The quantitative estimate of drug-likeness (QED) is 0.371. The molecule has 5 nitrogen and oxygen atoms in total. The van der Waals surface area contributed by atoms with Crippen LogP contribution in [0.15, 0.2) is 24.3 Å². The third-order valence-corrected chi connectivity index (χ3v) is 2.90. The van der Waals surface area contributed by atoms with Gasteiger partial charge in [-0.3, -0.25) is 14.9 Å². The van der Waals surface area contributed by atoms with Crippen LogP contribution in [-0.4, -0.2) is 22.3 Å². The number of carbonyl (C=O) groups excluding carboxylic acids is 1. The normalized spacial score (nSPS) is 13.8. The molecule has 0 aliphatic rings. The molecule has 17 heavy (non-hydrogen) atoms. The zero-order chi connectivity index (χ0) is 13.1. The molecular formula is C11H12BrNO4. The maximum Gasteiger partial charge on any atom is 0.322 e. The summed E-state index contributed by atoms with van der Waals surface area (Å²) in [6, 6.07) is 6.08. The van der Waals surface area contributed by atoms with Crippen LogP contribution in [0.4, 0.5) is 5.69 Å². The first-order valence-electron chi connectivity index (χ1n) is 4.87. The Kier molecular flexibility index (Phi) is 4.22. The first kappa shape index (κ1) is 13.6. The molecule has 0 N–H and O–H groups in total. The molecule has 1 atom stereocenters. The number of carbonyl (C=O) groups is 1. The minimum absolute atomic E-state index is 0.0306. The van der Waals surface area contributed by atoms with Crippen LogP contribution in [0.5, 0.6) is 0 Å². The highest BCUT2D eigenvalue weighted by atomic mass is 79.9. The van der Waals surface area contributed by atoms with Crippen molar-refractivity contribution < 1.29 is 14.5 Å². The molecule has 0 spiro atoms. The van der Waals surface area contributed by atoms with Crippen LogP contribution in [0, 0.1) is 10.1 Å². The molecule has 1 aromatic carbocycles. The van der Waals surface area contributed by atoms with Crippen molar-refractivity contribution in [1.82, 2.24) is 0 Å². The molecule has 0 bridgehead atoms. The van der Waals surface area contributed by atoms with Gasteiger partial charge in [-0.15, -0.1) is 0 Å². The number of methoxy groups -OCH3 is 1. The molecule has 0 amide bonds. The predicted molar refractivity (Wildman–Crippen MR) is 66.1 cm³/mol. The largest absolute Gasteiger partial charge is 0.468 e. The molecule has 0 unspecified atom stereocenters. The lowest BCUT2D eigenvalue weighted by atomic mass is 10.0. The average Bonchev–Trinajstić information content (AvgIpc) is 2.28. The van der Waals surface area contributed by atoms with Gasteiger partial charge in [0, 0.05) is 12.1 Å². The van der Waals surface area contributed by atoms with E-state index in [0.29, 0.717) is 6.42 Å². The molecule has 0 aliphatic heterocycles. The molecule has 6 heteroatoms. The number of halogens is 1. The first-order valence-corrected chi connectivity index (χ1v) is 5.67. The van der Waals surface area contributed by atoms with E-state index in [-0.39, 0.29) is 11.7 Å². The zero-order valence-electron chi connectivity index (χ0n) is 9.47. The molecule has 0 heterocycles. The van der Waals surface area contributed by atoms with Gasteiger partial charge in [-0.1, -0.05) is 28.1 Å². The molecule has 0 saturated heterocycles. The van der Waals surface area contributed by atoms with Crippen molar-refractivity contribution in [3.63, 3.8) is 0 Å². The highest BCUT2D eigenvalue weighted by molar-refractivity contribution is 9.10. The molecule has 0 fully saturated rings. The maximum atomic E-state index is 11.4. The van der Waals surface area contributed by atoms with E-state index in [1.807, 2.05) is 0 Å². The molecule has 92 valence electrons. The van der Waals surface area contributed by atoms with Gasteiger partial charge in [0.05, 0.1) is 12.0 Å². The summed E-state index contributed by atoms with van der Waals surface area (Å²) in [6.45, 7) is 1.69. The van der Waals surface area contributed by atoms with E-state index >= 15 is 0 Å². The Labute approximate surface area is 107 Å². The van der Waals surface area contributed by atoms with Crippen LogP contribution in [-0.2, 0) is 16.0 Å². The first-order chi connectivity index (χ1) is 7.86. The second kappa shape index (κ2) is 5.27. The fourth-order valence-electron chi connectivity index (χ4n) is 1.40. The van der Waals surface area contributed by atoms with E-state index < -0.39 is 9.25 Å². The second-order valence-electron chi connectivity index (χ2n) is 3.79. The van der Waals surface area contributed by atoms with Gasteiger partial charge >= 0.3 is 5.97 Å². The predicted octanol–water partition coefficient (Wildman–Crippen LogP) is 2.46. The van der Waals surface area contributed by atoms with E-state index in [1.54, 1.807) is 19.1 Å². The smallest absolute Gasteiger partial charge is 0.322 e. The van der Waals surface area contributed by atoms with E-state index in [0.717, 1.165) is 5.56 Å². The summed E-state index contributed by atoms with van der Waals surface area (Å²) in [5, 5.41) is 10.5. The summed E-state index contributed by atoms with van der Waals surface area (Å²) in [5.74, 6) is -0.379. The lowest BCUT2D eigenvalue weighted by Gasteiger charge is -2.19. The summed E-state index contributed by atoms with van der Waals surface area (Å²) in [5.41, 5.74) is 0.850. The SMILES string of the molecule is COC(=O)[C@](C)(Br)Cc1ccc([N+](=O)[O-])cc1. The molecule has 0 aliphatic carbocycles. The number of alkyl halides is 1. The van der Waals surface area contributed by atoms with Crippen LogP contribution >= 0.6 is 15.9 Å². The molecule has 0 aromatic heterocycles. The van der Waals surface area contributed by atoms with Gasteiger partial charge in [0.25, 0.3) is 5.69 Å². The van der Waals surface area contributed by atoms with Crippen molar-refractivity contribution in [1.29, 1.82) is 0 Å². The number of hydrogen-bond donors (Lipinski definition) is 0. The molecule has 1 aromatic rings. The topological polar surface area (TPSA) is 69.4 Å². The van der Waals surface area contributed by atoms with Gasteiger partial charge in [0.1, 0.15) is 4.32 Å². The van der Waals surface area contributed by atoms with E-state index in [9.17, 15) is 14.9 Å². The van der Waals surface area contributed by atoms with E-state index in [2.05, 4.69) is 20.7 Å². The van der Waals surface area contributed by atoms with Gasteiger partial charge in [0.15, 0.2) is 0 Å². The number of nitro groups is 1. The number of nitrogens with zero attached hydrogens (tertiary/aromatic N) is 1. The van der Waals surface area contributed by atoms with Crippen molar-refractivity contribution >= 4 is 27.6 Å². The maximum absolute atomic E-state index is 11.4. The van der Waals surface area contributed by atoms with Gasteiger partial charge in [-0.25, -0.2) is 0 Å². The number of esters is 1. The van der Waals surface area contributed by atoms with Crippen molar-refractivity contribution in [2.75, 3.05) is 7.11 Å². The fourth-order valence-corrected chi connectivity index (χ4v) is 1.89. The Morgan fingerprint density at radius 1 is 1.47 bits per heavy atom. The Morgan fingerprint density at radius 3 is 2.41 bits per heavy atom. The number of benzene rings is 1. The fraction of sp³-hybridized carbons (Fsp3) is 0.364. The number of ether oxygens (including phenoxy) is 1. The van der Waals surface area contributed by atoms with Gasteiger partial charge < -0.3 is 4.74 Å².